The summed E-state index contributed by atoms with van der Waals surface area (Å²) >= 11 is 0. The SMILES string of the molecule is CCOc1cc(CN2CCCC(CCC(=O)N(C)C3CCN(C)CC3)C2)ccc1OC. The van der Waals surface area contributed by atoms with E-state index in [1.807, 2.05) is 24.9 Å². The van der Waals surface area contributed by atoms with Gasteiger partial charge < -0.3 is 19.3 Å². The van der Waals surface area contributed by atoms with Gasteiger partial charge in [-0.3, -0.25) is 9.69 Å². The summed E-state index contributed by atoms with van der Waals surface area (Å²) < 4.78 is 11.1. The third-order valence-electron chi connectivity index (χ3n) is 6.93. The summed E-state index contributed by atoms with van der Waals surface area (Å²) in [5, 5.41) is 0. The first-order chi connectivity index (χ1) is 15.0. The summed E-state index contributed by atoms with van der Waals surface area (Å²) in [7, 11) is 5.85. The summed E-state index contributed by atoms with van der Waals surface area (Å²) in [4.78, 5) is 19.7. The number of methoxy groups -OCH3 is 1. The fourth-order valence-electron chi connectivity index (χ4n) is 4.97. The van der Waals surface area contributed by atoms with Crippen LogP contribution in [-0.4, -0.2) is 80.6 Å². The van der Waals surface area contributed by atoms with Gasteiger partial charge >= 0.3 is 0 Å². The Kier molecular flexibility index (Phi) is 9.02. The van der Waals surface area contributed by atoms with Gasteiger partial charge in [-0.1, -0.05) is 6.07 Å². The number of benzene rings is 1. The minimum atomic E-state index is 0.322. The molecule has 1 aromatic rings. The first-order valence-electron chi connectivity index (χ1n) is 12.0. The van der Waals surface area contributed by atoms with Crippen molar-refractivity contribution < 1.29 is 14.3 Å². The maximum absolute atomic E-state index is 12.8. The van der Waals surface area contributed by atoms with Crippen molar-refractivity contribution in [2.75, 3.05) is 54.0 Å². The normalized spacial score (nSPS) is 21.1. The highest BCUT2D eigenvalue weighted by Gasteiger charge is 2.26. The van der Waals surface area contributed by atoms with E-state index in [2.05, 4.69) is 29.0 Å². The van der Waals surface area contributed by atoms with Crippen LogP contribution in [0.3, 0.4) is 0 Å². The van der Waals surface area contributed by atoms with Crippen molar-refractivity contribution >= 4 is 5.91 Å². The Morgan fingerprint density at radius 1 is 1.16 bits per heavy atom. The highest BCUT2D eigenvalue weighted by Crippen LogP contribution is 2.30. The maximum atomic E-state index is 12.8. The van der Waals surface area contributed by atoms with Crippen molar-refractivity contribution in [2.45, 2.75) is 58.0 Å². The summed E-state index contributed by atoms with van der Waals surface area (Å²) in [6, 6.07) is 6.65. The minimum absolute atomic E-state index is 0.322. The lowest BCUT2D eigenvalue weighted by atomic mass is 9.92. The summed E-state index contributed by atoms with van der Waals surface area (Å²) in [5.41, 5.74) is 1.25. The highest BCUT2D eigenvalue weighted by molar-refractivity contribution is 5.76. The van der Waals surface area contributed by atoms with Crippen molar-refractivity contribution in [1.82, 2.24) is 14.7 Å². The quantitative estimate of drug-likeness (QED) is 0.597. The molecule has 174 valence electrons. The van der Waals surface area contributed by atoms with Crippen molar-refractivity contribution in [3.8, 4) is 11.5 Å². The van der Waals surface area contributed by atoms with E-state index in [1.54, 1.807) is 7.11 Å². The zero-order valence-electron chi connectivity index (χ0n) is 19.9. The van der Waals surface area contributed by atoms with E-state index in [0.717, 1.165) is 63.5 Å². The molecule has 1 atom stereocenters. The highest BCUT2D eigenvalue weighted by atomic mass is 16.5. The zero-order valence-corrected chi connectivity index (χ0v) is 19.9. The van der Waals surface area contributed by atoms with Crippen LogP contribution in [0, 0.1) is 5.92 Å². The number of nitrogens with zero attached hydrogens (tertiary/aromatic N) is 3. The van der Waals surface area contributed by atoms with Gasteiger partial charge in [0.1, 0.15) is 0 Å². The molecule has 2 aliphatic heterocycles. The summed E-state index contributed by atoms with van der Waals surface area (Å²) in [6.07, 6.45) is 6.31. The van der Waals surface area contributed by atoms with Gasteiger partial charge in [-0.15, -0.1) is 0 Å². The van der Waals surface area contributed by atoms with Gasteiger partial charge in [-0.25, -0.2) is 0 Å². The number of rotatable bonds is 9. The number of carbonyl (C=O) groups excluding carboxylic acids is 1. The Morgan fingerprint density at radius 2 is 1.94 bits per heavy atom. The van der Waals surface area contributed by atoms with Crippen LogP contribution in [-0.2, 0) is 11.3 Å². The molecule has 3 rings (SSSR count). The van der Waals surface area contributed by atoms with E-state index in [4.69, 9.17) is 9.47 Å². The molecule has 1 aromatic carbocycles. The van der Waals surface area contributed by atoms with Crippen LogP contribution in [0.4, 0.5) is 0 Å². The molecule has 2 heterocycles. The predicted octanol–water partition coefficient (Wildman–Crippen LogP) is 3.64. The molecule has 0 N–H and O–H groups in total. The number of hydrogen-bond acceptors (Lipinski definition) is 5. The van der Waals surface area contributed by atoms with E-state index in [9.17, 15) is 4.79 Å². The standard InChI is InChI=1S/C25H41N3O3/c1-5-31-24-17-21(8-10-23(24)30-4)19-28-14-6-7-20(18-28)9-11-25(29)27(3)22-12-15-26(2)16-13-22/h8,10,17,20,22H,5-7,9,11-16,18-19H2,1-4H3. The van der Waals surface area contributed by atoms with Crippen molar-refractivity contribution in [3.05, 3.63) is 23.8 Å². The monoisotopic (exact) mass is 431 g/mol. The molecule has 2 fully saturated rings. The lowest BCUT2D eigenvalue weighted by molar-refractivity contribution is -0.133. The molecular formula is C25H41N3O3. The lowest BCUT2D eigenvalue weighted by Crippen LogP contribution is -2.44. The van der Waals surface area contributed by atoms with Gasteiger partial charge in [0.25, 0.3) is 0 Å². The van der Waals surface area contributed by atoms with Crippen molar-refractivity contribution in [3.63, 3.8) is 0 Å². The number of hydrogen-bond donors (Lipinski definition) is 0. The number of carbonyl (C=O) groups is 1. The van der Waals surface area contributed by atoms with Crippen LogP contribution >= 0.6 is 0 Å². The molecule has 0 aliphatic carbocycles. The molecule has 2 saturated heterocycles. The molecule has 0 spiro atoms. The van der Waals surface area contributed by atoms with Gasteiger partial charge in [0, 0.05) is 32.6 Å². The summed E-state index contributed by atoms with van der Waals surface area (Å²) in [6.45, 7) is 7.92. The van der Waals surface area contributed by atoms with E-state index >= 15 is 0 Å². The maximum Gasteiger partial charge on any atom is 0.222 e. The van der Waals surface area contributed by atoms with Crippen LogP contribution in [0.15, 0.2) is 18.2 Å². The predicted molar refractivity (Wildman–Crippen MR) is 125 cm³/mol. The number of amides is 1. The van der Waals surface area contributed by atoms with Gasteiger partial charge in [0.05, 0.1) is 13.7 Å². The molecule has 0 bridgehead atoms. The average Bonchev–Trinajstić information content (AvgIpc) is 2.78. The van der Waals surface area contributed by atoms with Crippen LogP contribution < -0.4 is 9.47 Å². The lowest BCUT2D eigenvalue weighted by Gasteiger charge is -2.36. The zero-order chi connectivity index (χ0) is 22.2. The molecule has 1 unspecified atom stereocenters. The molecule has 6 nitrogen and oxygen atoms in total. The third-order valence-corrected chi connectivity index (χ3v) is 6.93. The summed E-state index contributed by atoms with van der Waals surface area (Å²) in [5.74, 6) is 2.53. The minimum Gasteiger partial charge on any atom is -0.493 e. The van der Waals surface area contributed by atoms with Gasteiger partial charge in [-0.05, 0) is 89.3 Å². The molecule has 0 radical (unpaired) electrons. The Labute approximate surface area is 188 Å². The Hall–Kier alpha value is -1.79. The van der Waals surface area contributed by atoms with E-state index in [1.165, 1.54) is 18.4 Å². The molecule has 31 heavy (non-hydrogen) atoms. The number of piperidine rings is 2. The first-order valence-corrected chi connectivity index (χ1v) is 12.0. The second kappa shape index (κ2) is 11.7. The average molecular weight is 432 g/mol. The fourth-order valence-corrected chi connectivity index (χ4v) is 4.97. The van der Waals surface area contributed by atoms with Crippen LogP contribution in [0.1, 0.15) is 51.0 Å². The number of ether oxygens (including phenoxy) is 2. The smallest absolute Gasteiger partial charge is 0.222 e. The van der Waals surface area contributed by atoms with Crippen LogP contribution in [0.5, 0.6) is 11.5 Å². The third kappa shape index (κ3) is 6.84. The second-order valence-electron chi connectivity index (χ2n) is 9.24. The molecule has 2 aliphatic rings. The van der Waals surface area contributed by atoms with Gasteiger partial charge in [0.15, 0.2) is 11.5 Å². The molecule has 6 heteroatoms. The van der Waals surface area contributed by atoms with Crippen molar-refractivity contribution in [2.24, 2.45) is 5.92 Å². The van der Waals surface area contributed by atoms with Crippen LogP contribution in [0.25, 0.3) is 0 Å². The molecule has 0 aromatic heterocycles. The Bertz CT molecular complexity index is 703. The fraction of sp³-hybridized carbons (Fsp3) is 0.720. The topological polar surface area (TPSA) is 45.2 Å². The number of likely N-dealkylation sites (tertiary alicyclic amines) is 2. The first kappa shape index (κ1) is 23.9. The van der Waals surface area contributed by atoms with E-state index in [-0.39, 0.29) is 0 Å². The Morgan fingerprint density at radius 3 is 2.65 bits per heavy atom. The molecule has 0 saturated carbocycles. The molecule has 1 amide bonds. The van der Waals surface area contributed by atoms with Crippen LogP contribution in [0.2, 0.25) is 0 Å². The van der Waals surface area contributed by atoms with E-state index < -0.39 is 0 Å². The van der Waals surface area contributed by atoms with Crippen molar-refractivity contribution in [1.29, 1.82) is 0 Å². The van der Waals surface area contributed by atoms with Gasteiger partial charge in [0.2, 0.25) is 5.91 Å². The second-order valence-corrected chi connectivity index (χ2v) is 9.24. The molecular weight excluding hydrogens is 390 g/mol. The Balaban J connectivity index is 1.47. The largest absolute Gasteiger partial charge is 0.493 e. The van der Waals surface area contributed by atoms with E-state index in [0.29, 0.717) is 30.9 Å². The van der Waals surface area contributed by atoms with Gasteiger partial charge in [-0.2, -0.15) is 0 Å².